The Morgan fingerprint density at radius 2 is 1.65 bits per heavy atom. The molecule has 1 saturated heterocycles. The SMILES string of the molecule is CCc1ccccc1N1C(=O)[C@@H]2[C@@H](C1=O)[C@H]1C=C[C@H]2C1. The highest BCUT2D eigenvalue weighted by atomic mass is 16.2. The van der Waals surface area contributed by atoms with Crippen LogP contribution in [0.1, 0.15) is 18.9 Å². The molecule has 1 saturated carbocycles. The number of carbonyl (C=O) groups excluding carboxylic acids is 2. The summed E-state index contributed by atoms with van der Waals surface area (Å²) in [7, 11) is 0. The van der Waals surface area contributed by atoms with Gasteiger partial charge in [-0.25, -0.2) is 4.90 Å². The van der Waals surface area contributed by atoms with Gasteiger partial charge in [-0.2, -0.15) is 0 Å². The zero-order chi connectivity index (χ0) is 13.9. The van der Waals surface area contributed by atoms with Crippen LogP contribution in [0.25, 0.3) is 0 Å². The van der Waals surface area contributed by atoms with Gasteiger partial charge in [0.25, 0.3) is 0 Å². The molecule has 2 bridgehead atoms. The number of imide groups is 1. The minimum Gasteiger partial charge on any atom is -0.274 e. The molecule has 1 heterocycles. The summed E-state index contributed by atoms with van der Waals surface area (Å²) in [5, 5.41) is 0. The van der Waals surface area contributed by atoms with Gasteiger partial charge in [0.05, 0.1) is 17.5 Å². The number of carbonyl (C=O) groups is 2. The van der Waals surface area contributed by atoms with Crippen LogP contribution in [0.2, 0.25) is 0 Å². The van der Waals surface area contributed by atoms with Crippen molar-refractivity contribution in [1.82, 2.24) is 0 Å². The van der Waals surface area contributed by atoms with E-state index in [2.05, 4.69) is 19.1 Å². The molecule has 4 rings (SSSR count). The third-order valence-electron chi connectivity index (χ3n) is 5.08. The van der Waals surface area contributed by atoms with Gasteiger partial charge in [-0.05, 0) is 36.3 Å². The molecule has 0 radical (unpaired) electrons. The normalized spacial score (nSPS) is 34.1. The monoisotopic (exact) mass is 267 g/mol. The Morgan fingerprint density at radius 3 is 2.25 bits per heavy atom. The van der Waals surface area contributed by atoms with Gasteiger partial charge >= 0.3 is 0 Å². The molecule has 0 unspecified atom stereocenters. The first-order valence-electron chi connectivity index (χ1n) is 7.36. The van der Waals surface area contributed by atoms with Gasteiger partial charge in [-0.1, -0.05) is 37.3 Å². The van der Waals surface area contributed by atoms with Gasteiger partial charge in [0.2, 0.25) is 11.8 Å². The van der Waals surface area contributed by atoms with Crippen LogP contribution < -0.4 is 4.90 Å². The molecule has 0 aromatic heterocycles. The molecule has 3 nitrogen and oxygen atoms in total. The first kappa shape index (κ1) is 11.9. The Morgan fingerprint density at radius 1 is 1.05 bits per heavy atom. The topological polar surface area (TPSA) is 37.4 Å². The van der Waals surface area contributed by atoms with E-state index in [9.17, 15) is 9.59 Å². The Bertz CT molecular complexity index is 604. The maximum atomic E-state index is 12.7. The lowest BCUT2D eigenvalue weighted by molar-refractivity contribution is -0.123. The van der Waals surface area contributed by atoms with Crippen molar-refractivity contribution in [3.05, 3.63) is 42.0 Å². The van der Waals surface area contributed by atoms with Crippen LogP contribution in [0.5, 0.6) is 0 Å². The van der Waals surface area contributed by atoms with Crippen molar-refractivity contribution in [2.24, 2.45) is 23.7 Å². The van der Waals surface area contributed by atoms with Gasteiger partial charge in [0, 0.05) is 0 Å². The standard InChI is InChI=1S/C17H17NO2/c1-2-10-5-3-4-6-13(10)18-16(19)14-11-7-8-12(9-11)15(14)17(18)20/h3-8,11-12,14-15H,2,9H2,1H3/t11-,12-,14-,15-/m0/s1. The van der Waals surface area contributed by atoms with E-state index in [4.69, 9.17) is 0 Å². The van der Waals surface area contributed by atoms with Crippen LogP contribution in [0.15, 0.2) is 36.4 Å². The fourth-order valence-electron chi connectivity index (χ4n) is 4.17. The third kappa shape index (κ3) is 1.35. The molecule has 1 aliphatic heterocycles. The largest absolute Gasteiger partial charge is 0.274 e. The Hall–Kier alpha value is -1.90. The van der Waals surface area contributed by atoms with Crippen molar-refractivity contribution in [3.63, 3.8) is 0 Å². The van der Waals surface area contributed by atoms with E-state index in [1.165, 1.54) is 4.90 Å². The van der Waals surface area contributed by atoms with Gasteiger partial charge < -0.3 is 0 Å². The average Bonchev–Trinajstić information content (AvgIpc) is 3.13. The van der Waals surface area contributed by atoms with Crippen molar-refractivity contribution in [2.45, 2.75) is 19.8 Å². The number of allylic oxidation sites excluding steroid dienone is 2. The van der Waals surface area contributed by atoms with Crippen LogP contribution in [0, 0.1) is 23.7 Å². The fraction of sp³-hybridized carbons (Fsp3) is 0.412. The van der Waals surface area contributed by atoms with Crippen molar-refractivity contribution < 1.29 is 9.59 Å². The molecular formula is C17H17NO2. The summed E-state index contributed by atoms with van der Waals surface area (Å²) in [5.74, 6) is 0.362. The molecule has 2 amide bonds. The Kier molecular flexibility index (Phi) is 2.40. The highest BCUT2D eigenvalue weighted by molar-refractivity contribution is 6.23. The molecule has 2 fully saturated rings. The van der Waals surface area contributed by atoms with E-state index in [1.54, 1.807) is 0 Å². The van der Waals surface area contributed by atoms with Crippen molar-refractivity contribution in [2.75, 3.05) is 4.90 Å². The van der Waals surface area contributed by atoms with Crippen LogP contribution in [-0.2, 0) is 16.0 Å². The van der Waals surface area contributed by atoms with Crippen LogP contribution in [0.4, 0.5) is 5.69 Å². The molecule has 4 atom stereocenters. The number of anilines is 1. The smallest absolute Gasteiger partial charge is 0.238 e. The summed E-state index contributed by atoms with van der Waals surface area (Å²) in [5.41, 5.74) is 1.85. The second-order valence-corrected chi connectivity index (χ2v) is 5.99. The number of aryl methyl sites for hydroxylation is 1. The van der Waals surface area contributed by atoms with E-state index in [0.717, 1.165) is 24.1 Å². The van der Waals surface area contributed by atoms with Gasteiger partial charge in [-0.3, -0.25) is 9.59 Å². The first-order chi connectivity index (χ1) is 9.72. The van der Waals surface area contributed by atoms with E-state index in [0.29, 0.717) is 0 Å². The quantitative estimate of drug-likeness (QED) is 0.610. The van der Waals surface area contributed by atoms with Crippen molar-refractivity contribution in [3.8, 4) is 0 Å². The molecular weight excluding hydrogens is 250 g/mol. The zero-order valence-electron chi connectivity index (χ0n) is 11.5. The van der Waals surface area contributed by atoms with E-state index in [-0.39, 0.29) is 35.5 Å². The number of fused-ring (bicyclic) bond motifs is 5. The predicted octanol–water partition coefficient (Wildman–Crippen LogP) is 2.56. The summed E-state index contributed by atoms with van der Waals surface area (Å²) in [4.78, 5) is 26.9. The highest BCUT2D eigenvalue weighted by Gasteiger charge is 2.59. The molecule has 2 aliphatic carbocycles. The Labute approximate surface area is 118 Å². The fourth-order valence-corrected chi connectivity index (χ4v) is 4.17. The predicted molar refractivity (Wildman–Crippen MR) is 76.0 cm³/mol. The summed E-state index contributed by atoms with van der Waals surface area (Å²) in [6.45, 7) is 2.05. The summed E-state index contributed by atoms with van der Waals surface area (Å²) < 4.78 is 0. The number of benzene rings is 1. The van der Waals surface area contributed by atoms with E-state index < -0.39 is 0 Å². The van der Waals surface area contributed by atoms with Crippen LogP contribution >= 0.6 is 0 Å². The first-order valence-corrected chi connectivity index (χ1v) is 7.36. The number of hydrogen-bond acceptors (Lipinski definition) is 2. The molecule has 0 spiro atoms. The number of nitrogens with zero attached hydrogens (tertiary/aromatic N) is 1. The molecule has 3 heteroatoms. The zero-order valence-corrected chi connectivity index (χ0v) is 11.5. The maximum Gasteiger partial charge on any atom is 0.238 e. The average molecular weight is 267 g/mol. The molecule has 1 aromatic carbocycles. The van der Waals surface area contributed by atoms with E-state index in [1.807, 2.05) is 24.3 Å². The lowest BCUT2D eigenvalue weighted by atomic mass is 9.85. The molecule has 102 valence electrons. The summed E-state index contributed by atoms with van der Waals surface area (Å²) in [6.07, 6.45) is 6.07. The summed E-state index contributed by atoms with van der Waals surface area (Å²) in [6, 6.07) is 7.75. The maximum absolute atomic E-state index is 12.7. The van der Waals surface area contributed by atoms with Crippen molar-refractivity contribution >= 4 is 17.5 Å². The van der Waals surface area contributed by atoms with Gasteiger partial charge in [0.15, 0.2) is 0 Å². The Balaban J connectivity index is 1.78. The second kappa shape index (κ2) is 4.05. The molecule has 0 N–H and O–H groups in total. The number of amides is 2. The van der Waals surface area contributed by atoms with E-state index >= 15 is 0 Å². The number of rotatable bonds is 2. The minimum atomic E-state index is -0.109. The third-order valence-corrected chi connectivity index (χ3v) is 5.08. The molecule has 3 aliphatic rings. The van der Waals surface area contributed by atoms with Gasteiger partial charge in [0.1, 0.15) is 0 Å². The molecule has 20 heavy (non-hydrogen) atoms. The molecule has 1 aromatic rings. The number of hydrogen-bond donors (Lipinski definition) is 0. The minimum absolute atomic E-state index is 0.0118. The lowest BCUT2D eigenvalue weighted by Gasteiger charge is -2.20. The number of para-hydroxylation sites is 1. The lowest BCUT2D eigenvalue weighted by Crippen LogP contribution is -2.33. The highest BCUT2D eigenvalue weighted by Crippen LogP contribution is 2.53. The summed E-state index contributed by atoms with van der Waals surface area (Å²) >= 11 is 0. The van der Waals surface area contributed by atoms with Gasteiger partial charge in [-0.15, -0.1) is 0 Å². The second-order valence-electron chi connectivity index (χ2n) is 5.99. The van der Waals surface area contributed by atoms with Crippen LogP contribution in [0.3, 0.4) is 0 Å². The van der Waals surface area contributed by atoms with Crippen LogP contribution in [-0.4, -0.2) is 11.8 Å². The van der Waals surface area contributed by atoms with Crippen molar-refractivity contribution in [1.29, 1.82) is 0 Å².